The summed E-state index contributed by atoms with van der Waals surface area (Å²) < 4.78 is 5.07. The molecular weight excluding hydrogens is 208 g/mol. The second-order valence-corrected chi connectivity index (χ2v) is 4.53. The number of rotatable bonds is 3. The fraction of sp³-hybridized carbons (Fsp3) is 0.667. The van der Waals surface area contributed by atoms with Crippen LogP contribution in [0.25, 0.3) is 0 Å². The topological polar surface area (TPSA) is 63.6 Å². The summed E-state index contributed by atoms with van der Waals surface area (Å²) in [4.78, 5) is 22.8. The van der Waals surface area contributed by atoms with Gasteiger partial charge in [0, 0.05) is 0 Å². The fourth-order valence-corrected chi connectivity index (χ4v) is 1.90. The van der Waals surface area contributed by atoms with Crippen LogP contribution in [-0.2, 0) is 14.3 Å². The number of carboxylic acids is 1. The summed E-state index contributed by atoms with van der Waals surface area (Å²) in [6.45, 7) is 5.41. The van der Waals surface area contributed by atoms with Crippen molar-refractivity contribution in [1.29, 1.82) is 0 Å². The maximum absolute atomic E-state index is 11.7. The summed E-state index contributed by atoms with van der Waals surface area (Å²) in [7, 11) is 0. The monoisotopic (exact) mass is 226 g/mol. The normalized spacial score (nSPS) is 25.1. The van der Waals surface area contributed by atoms with Crippen molar-refractivity contribution in [1.82, 2.24) is 0 Å². The van der Waals surface area contributed by atoms with Gasteiger partial charge in [0.1, 0.15) is 0 Å². The minimum Gasteiger partial charge on any atom is -0.481 e. The number of esters is 1. The molecule has 0 heterocycles. The van der Waals surface area contributed by atoms with Crippen LogP contribution in [0.4, 0.5) is 0 Å². The van der Waals surface area contributed by atoms with Crippen molar-refractivity contribution in [2.24, 2.45) is 11.8 Å². The van der Waals surface area contributed by atoms with Crippen LogP contribution >= 0.6 is 0 Å². The van der Waals surface area contributed by atoms with Gasteiger partial charge in [0.05, 0.1) is 17.9 Å². The first-order valence-electron chi connectivity index (χ1n) is 5.50. The Morgan fingerprint density at radius 2 is 2.06 bits per heavy atom. The van der Waals surface area contributed by atoms with Gasteiger partial charge >= 0.3 is 11.9 Å². The quantitative estimate of drug-likeness (QED) is 0.590. The Morgan fingerprint density at radius 1 is 1.44 bits per heavy atom. The highest BCUT2D eigenvalue weighted by atomic mass is 16.5. The van der Waals surface area contributed by atoms with E-state index in [4.69, 9.17) is 9.84 Å². The van der Waals surface area contributed by atoms with Crippen molar-refractivity contribution in [2.75, 3.05) is 0 Å². The molecule has 0 saturated heterocycles. The molecule has 2 atom stereocenters. The van der Waals surface area contributed by atoms with Crippen LogP contribution in [0.5, 0.6) is 0 Å². The van der Waals surface area contributed by atoms with E-state index in [1.54, 1.807) is 13.8 Å². The molecule has 1 aliphatic carbocycles. The van der Waals surface area contributed by atoms with Crippen molar-refractivity contribution in [3.63, 3.8) is 0 Å². The highest BCUT2D eigenvalue weighted by Crippen LogP contribution is 2.31. The van der Waals surface area contributed by atoms with Crippen molar-refractivity contribution in [3.05, 3.63) is 11.6 Å². The number of hydrogen-bond donors (Lipinski definition) is 1. The van der Waals surface area contributed by atoms with E-state index in [1.807, 2.05) is 13.0 Å². The van der Waals surface area contributed by atoms with Crippen LogP contribution in [0.2, 0.25) is 0 Å². The van der Waals surface area contributed by atoms with Gasteiger partial charge < -0.3 is 9.84 Å². The van der Waals surface area contributed by atoms with Crippen molar-refractivity contribution < 1.29 is 19.4 Å². The Morgan fingerprint density at radius 3 is 2.56 bits per heavy atom. The molecule has 16 heavy (non-hydrogen) atoms. The van der Waals surface area contributed by atoms with Gasteiger partial charge in [0.2, 0.25) is 0 Å². The molecular formula is C12H18O4. The molecule has 4 nitrogen and oxygen atoms in total. The molecule has 0 unspecified atom stereocenters. The van der Waals surface area contributed by atoms with Crippen LogP contribution in [0.3, 0.4) is 0 Å². The number of allylic oxidation sites excluding steroid dienone is 2. The second-order valence-electron chi connectivity index (χ2n) is 4.53. The van der Waals surface area contributed by atoms with E-state index >= 15 is 0 Å². The van der Waals surface area contributed by atoms with E-state index in [9.17, 15) is 9.59 Å². The Hall–Kier alpha value is -1.32. The third-order valence-electron chi connectivity index (χ3n) is 2.72. The summed E-state index contributed by atoms with van der Waals surface area (Å²) in [5.41, 5.74) is 1.03. The van der Waals surface area contributed by atoms with E-state index in [0.717, 1.165) is 5.57 Å². The Balaban J connectivity index is 2.77. The number of carboxylic acid groups (broad SMARTS) is 1. The average molecular weight is 226 g/mol. The van der Waals surface area contributed by atoms with Gasteiger partial charge in [-0.3, -0.25) is 9.59 Å². The second kappa shape index (κ2) is 5.14. The van der Waals surface area contributed by atoms with Crippen LogP contribution < -0.4 is 0 Å². The summed E-state index contributed by atoms with van der Waals surface area (Å²) in [6, 6.07) is 0. The van der Waals surface area contributed by atoms with Gasteiger partial charge in [-0.25, -0.2) is 0 Å². The number of carbonyl (C=O) groups is 2. The molecule has 90 valence electrons. The molecule has 1 rings (SSSR count). The van der Waals surface area contributed by atoms with Crippen LogP contribution in [0, 0.1) is 11.8 Å². The lowest BCUT2D eigenvalue weighted by Crippen LogP contribution is -2.34. The van der Waals surface area contributed by atoms with E-state index in [1.165, 1.54) is 0 Å². The zero-order chi connectivity index (χ0) is 12.3. The Bertz CT molecular complexity index is 317. The Labute approximate surface area is 95.3 Å². The van der Waals surface area contributed by atoms with E-state index < -0.39 is 23.8 Å². The summed E-state index contributed by atoms with van der Waals surface area (Å²) in [6.07, 6.45) is 2.63. The molecule has 0 fully saturated rings. The molecule has 0 saturated carbocycles. The van der Waals surface area contributed by atoms with E-state index in [2.05, 4.69) is 0 Å². The first-order chi connectivity index (χ1) is 7.41. The minimum atomic E-state index is -0.918. The average Bonchev–Trinajstić information content (AvgIpc) is 2.16. The van der Waals surface area contributed by atoms with Crippen LogP contribution in [0.15, 0.2) is 11.6 Å². The number of aliphatic carboxylic acids is 1. The molecule has 0 amide bonds. The largest absolute Gasteiger partial charge is 0.481 e. The molecule has 0 aromatic carbocycles. The third-order valence-corrected chi connectivity index (χ3v) is 2.72. The highest BCUT2D eigenvalue weighted by Gasteiger charge is 2.36. The van der Waals surface area contributed by atoms with Crippen molar-refractivity contribution in [2.45, 2.75) is 39.7 Å². The number of ether oxygens (including phenoxy) is 1. The zero-order valence-corrected chi connectivity index (χ0v) is 9.90. The lowest BCUT2D eigenvalue weighted by Gasteiger charge is -2.26. The molecule has 0 spiro atoms. The van der Waals surface area contributed by atoms with E-state index in [0.29, 0.717) is 12.8 Å². The van der Waals surface area contributed by atoms with Crippen LogP contribution in [0.1, 0.15) is 33.6 Å². The number of carbonyl (C=O) groups excluding carboxylic acids is 1. The van der Waals surface area contributed by atoms with Crippen LogP contribution in [-0.4, -0.2) is 23.1 Å². The SMILES string of the molecule is CC1=CC[C@@H](C(=O)OC(C)C)[C@@H](C(=O)O)C1. The summed E-state index contributed by atoms with van der Waals surface area (Å²) >= 11 is 0. The molecule has 1 N–H and O–H groups in total. The predicted octanol–water partition coefficient (Wildman–Crippen LogP) is 2.00. The van der Waals surface area contributed by atoms with Gasteiger partial charge in [0.25, 0.3) is 0 Å². The van der Waals surface area contributed by atoms with Gasteiger partial charge in [-0.15, -0.1) is 0 Å². The Kier molecular flexibility index (Phi) is 4.10. The summed E-state index contributed by atoms with van der Waals surface area (Å²) in [5.74, 6) is -2.50. The van der Waals surface area contributed by atoms with Gasteiger partial charge in [-0.05, 0) is 33.6 Å². The molecule has 0 aliphatic heterocycles. The standard InChI is InChI=1S/C12H18O4/c1-7(2)16-12(15)9-5-4-8(3)6-10(9)11(13)14/h4,7,9-10H,5-6H2,1-3H3,(H,13,14)/t9-,10+/m1/s1. The van der Waals surface area contributed by atoms with E-state index in [-0.39, 0.29) is 6.10 Å². The predicted molar refractivity (Wildman–Crippen MR) is 58.8 cm³/mol. The third kappa shape index (κ3) is 3.08. The molecule has 0 bridgehead atoms. The molecule has 0 aromatic rings. The van der Waals surface area contributed by atoms with Crippen molar-refractivity contribution in [3.8, 4) is 0 Å². The van der Waals surface area contributed by atoms with Crippen molar-refractivity contribution >= 4 is 11.9 Å². The first-order valence-corrected chi connectivity index (χ1v) is 5.50. The molecule has 0 aromatic heterocycles. The fourth-order valence-electron chi connectivity index (χ4n) is 1.90. The maximum atomic E-state index is 11.7. The smallest absolute Gasteiger partial charge is 0.310 e. The minimum absolute atomic E-state index is 0.200. The zero-order valence-electron chi connectivity index (χ0n) is 9.90. The van der Waals surface area contributed by atoms with Gasteiger partial charge in [0.15, 0.2) is 0 Å². The molecule has 1 aliphatic rings. The maximum Gasteiger partial charge on any atom is 0.310 e. The molecule has 0 radical (unpaired) electrons. The lowest BCUT2D eigenvalue weighted by atomic mass is 9.80. The lowest BCUT2D eigenvalue weighted by molar-refractivity contribution is -0.160. The molecule has 4 heteroatoms. The highest BCUT2D eigenvalue weighted by molar-refractivity contribution is 5.82. The number of hydrogen-bond acceptors (Lipinski definition) is 3. The first kappa shape index (κ1) is 12.7. The summed E-state index contributed by atoms with van der Waals surface area (Å²) in [5, 5.41) is 9.07. The van der Waals surface area contributed by atoms with Gasteiger partial charge in [-0.1, -0.05) is 11.6 Å². The van der Waals surface area contributed by atoms with Gasteiger partial charge in [-0.2, -0.15) is 0 Å².